The van der Waals surface area contributed by atoms with Crippen LogP contribution >= 0.6 is 164 Å². The van der Waals surface area contributed by atoms with Crippen LogP contribution in [0, 0.1) is 35.8 Å². The number of allylic oxidation sites excluding steroid dienone is 1. The first-order valence-corrected chi connectivity index (χ1v) is 41.0. The number of carbonyl (C=O) groups is 4. The molecule has 0 unspecified atom stereocenters. The molecule has 92 heavy (non-hydrogen) atoms. The number of fused-ring (bicyclic) bond motifs is 12. The van der Waals surface area contributed by atoms with E-state index in [-0.39, 0.29) is 32.8 Å². The third kappa shape index (κ3) is 11.3. The van der Waals surface area contributed by atoms with Gasteiger partial charge in [-0.3, -0.25) is 38.8 Å². The van der Waals surface area contributed by atoms with Gasteiger partial charge in [-0.1, -0.05) is 0 Å². The predicted molar refractivity (Wildman–Crippen MR) is 411 cm³/mol. The molecule has 12 rings (SSSR count). The summed E-state index contributed by atoms with van der Waals surface area (Å²) in [5, 5.41) is 19.0. The Morgan fingerprint density at radius 1 is 0.413 bits per heavy atom. The van der Waals surface area contributed by atoms with E-state index in [4.69, 9.17) is 37.6 Å². The van der Waals surface area contributed by atoms with Crippen molar-refractivity contribution in [2.24, 2.45) is 0 Å². The molecule has 2 aliphatic heterocycles. The molecule has 0 radical (unpaired) electrons. The fourth-order valence-electron chi connectivity index (χ4n) is 11.5. The maximum Gasteiger partial charge on any atom is 0.520 e. The van der Waals surface area contributed by atoms with E-state index < -0.39 is 23.6 Å². The van der Waals surface area contributed by atoms with E-state index >= 15 is 0 Å². The molecule has 2 aromatic carbocycles. The second-order valence-corrected chi connectivity index (χ2v) is 33.0. The van der Waals surface area contributed by atoms with Crippen molar-refractivity contribution in [2.75, 3.05) is 78.2 Å². The molecule has 4 aliphatic carbocycles. The molecule has 6 aliphatic rings. The van der Waals surface area contributed by atoms with Crippen molar-refractivity contribution in [3.05, 3.63) is 175 Å². The van der Waals surface area contributed by atoms with Gasteiger partial charge >= 0.3 is 5.82 Å². The highest BCUT2D eigenvalue weighted by Gasteiger charge is 2.41. The standard InChI is InChI=1S/C36H30N4O4S8.C30H18N4S6/c1-37-29(41)23(30(42)38(2)35(37)45)11-15-9-21-25(33(47-5)48-6)17-14-20-18(13-19(17)27(21)51-15)26(34(49-7)50-8)22-10-16(52-28(20)22)12-24-31(43)39(3)36(46)40(4)32(24)44;1-33-24(34-2)10-17-9-23-26(30(37-5)38-6)19-11-20-18(12-21(19)28(23)40-17)25(29(35-3)36-4)22-8-16(39-27(20)22)7-15(13-31)14-32/h9-14H,1-8H3;7-12H,3-6H3. The van der Waals surface area contributed by atoms with E-state index in [1.54, 1.807) is 192 Å². The molecule has 12 nitrogen and oxygen atoms in total. The predicted octanol–water partition coefficient (Wildman–Crippen LogP) is 18.1. The maximum absolute atomic E-state index is 13.2. The van der Waals surface area contributed by atoms with E-state index in [1.165, 1.54) is 61.5 Å². The van der Waals surface area contributed by atoms with Gasteiger partial charge in [0.1, 0.15) is 42.0 Å². The first kappa shape index (κ1) is 67.4. The summed E-state index contributed by atoms with van der Waals surface area (Å²) >= 11 is 30.6. The fraction of sp³-hybridized carbons (Fsp3) is 0.182. The second-order valence-electron chi connectivity index (χ2n) is 20.4. The van der Waals surface area contributed by atoms with Crippen molar-refractivity contribution >= 4 is 244 Å². The molecule has 0 saturated carbocycles. The van der Waals surface area contributed by atoms with Crippen molar-refractivity contribution in [2.45, 2.75) is 0 Å². The summed E-state index contributed by atoms with van der Waals surface area (Å²) in [4.78, 5) is 72.6. The number of rotatable bonds is 12. The molecule has 0 spiro atoms. The molecule has 2 saturated heterocycles. The summed E-state index contributed by atoms with van der Waals surface area (Å²) in [6.07, 6.45) is 23.4. The highest BCUT2D eigenvalue weighted by atomic mass is 32.2. The summed E-state index contributed by atoms with van der Waals surface area (Å²) in [5.74, 6) is -1.60. The number of hydrogen-bond donors (Lipinski definition) is 0. The van der Waals surface area contributed by atoms with Gasteiger partial charge in [0.2, 0.25) is 0 Å². The van der Waals surface area contributed by atoms with Gasteiger partial charge < -0.3 is 0 Å². The van der Waals surface area contributed by atoms with Crippen molar-refractivity contribution in [1.29, 1.82) is 10.5 Å². The minimum absolute atomic E-state index is 0.0645. The van der Waals surface area contributed by atoms with Crippen molar-refractivity contribution in [3.63, 3.8) is 0 Å². The second kappa shape index (κ2) is 27.4. The molecular weight excluding hydrogens is 1420 g/mol. The molecule has 0 atom stereocenters. The highest BCUT2D eigenvalue weighted by Crippen LogP contribution is 2.62. The first-order chi connectivity index (χ1) is 44.2. The van der Waals surface area contributed by atoms with Gasteiger partial charge in [-0.05, 0) is 163 Å². The number of nitrogens with zero attached hydrogens (tertiary/aromatic N) is 8. The zero-order valence-corrected chi connectivity index (χ0v) is 62.3. The van der Waals surface area contributed by atoms with Gasteiger partial charge in [0.15, 0.2) is 10.2 Å². The number of amides is 4. The van der Waals surface area contributed by atoms with Gasteiger partial charge in [0.25, 0.3) is 23.6 Å². The Labute approximate surface area is 594 Å². The number of likely N-dealkylation sites (N-methyl/N-ethyl adjacent to an activating group) is 4. The lowest BCUT2D eigenvalue weighted by Crippen LogP contribution is -2.52. The van der Waals surface area contributed by atoms with E-state index in [0.29, 0.717) is 0 Å². The Morgan fingerprint density at radius 3 is 0.913 bits per heavy atom. The van der Waals surface area contributed by atoms with Gasteiger partial charge in [-0.2, -0.15) is 20.2 Å². The van der Waals surface area contributed by atoms with Gasteiger partial charge in [-0.15, -0.1) is 139 Å². The zero-order valence-electron chi connectivity index (χ0n) is 50.9. The van der Waals surface area contributed by atoms with Crippen LogP contribution < -0.4 is 0 Å². The Balaban J connectivity index is 0.000000195. The Morgan fingerprint density at radius 2 is 0.663 bits per heavy atom. The number of carbonyl (C=O) groups excluding carboxylic acids is 4. The average molecular weight is 1470 g/mol. The van der Waals surface area contributed by atoms with Crippen LogP contribution in [0.25, 0.3) is 98.0 Å². The van der Waals surface area contributed by atoms with Crippen molar-refractivity contribution < 1.29 is 19.2 Å². The number of benzene rings is 2. The van der Waals surface area contributed by atoms with E-state index in [9.17, 15) is 29.7 Å². The van der Waals surface area contributed by atoms with Crippen molar-refractivity contribution in [1.82, 2.24) is 19.6 Å². The number of nitriles is 2. The van der Waals surface area contributed by atoms with E-state index in [0.717, 1.165) is 103 Å². The first-order valence-electron chi connectivity index (χ1n) is 27.1. The van der Waals surface area contributed by atoms with Crippen LogP contribution in [0.5, 0.6) is 0 Å². The summed E-state index contributed by atoms with van der Waals surface area (Å²) in [5.41, 5.74) is 18.5. The largest absolute Gasteiger partial charge is 0.520 e. The normalized spacial score (nSPS) is 14.5. The quantitative estimate of drug-likeness (QED) is 0.0377. The smallest absolute Gasteiger partial charge is 0.288 e. The van der Waals surface area contributed by atoms with E-state index in [2.05, 4.69) is 108 Å². The monoisotopic (exact) mass is 1460 g/mol. The minimum atomic E-state index is -0.415. The molecule has 6 heterocycles. The zero-order chi connectivity index (χ0) is 66.0. The number of hydrogen-bond acceptors (Lipinski definition) is 20. The number of thiocarbonyl (C=S) groups is 2. The molecule has 2 fully saturated rings. The number of thioether (sulfide) groups is 8. The molecular formula is C66H48N8O4S14. The van der Waals surface area contributed by atoms with Crippen LogP contribution in [-0.4, -0.2) is 132 Å². The van der Waals surface area contributed by atoms with Crippen LogP contribution in [0.2, 0.25) is 0 Å². The van der Waals surface area contributed by atoms with Gasteiger partial charge in [0, 0.05) is 157 Å². The van der Waals surface area contributed by atoms with E-state index in [1.807, 2.05) is 12.1 Å². The number of thiophene rings is 4. The molecule has 4 aromatic heterocycles. The summed E-state index contributed by atoms with van der Waals surface area (Å²) in [6.45, 7) is 14.6. The third-order valence-corrected chi connectivity index (χ3v) is 29.8. The fourth-order valence-corrected chi connectivity index (χ4v) is 22.5. The van der Waals surface area contributed by atoms with Crippen LogP contribution in [0.15, 0.2) is 88.0 Å². The van der Waals surface area contributed by atoms with Crippen LogP contribution in [-0.2, 0) is 19.2 Å². The average Bonchev–Trinajstić information content (AvgIpc) is 1.56. The maximum atomic E-state index is 13.2. The van der Waals surface area contributed by atoms with Gasteiger partial charge in [-0.25, -0.2) is 0 Å². The lowest BCUT2D eigenvalue weighted by atomic mass is 9.98. The molecule has 4 amide bonds. The van der Waals surface area contributed by atoms with Crippen molar-refractivity contribution in [3.8, 4) is 53.9 Å². The SMILES string of the molecule is CSC(SC)=C1c2cc3c(cc2-c2sc(C=C4C(=O)N(C)C(=S)N(C)C4=O)cc21)C(=C(SC)SC)c1cc(C=C2C(=O)N(C)C(=S)N(C)C2=O)sc1-3.[C-]#[N+]C(=Cc1cc2c(s1)-c1cc3c(cc1C2=C(SC)SC)-c1sc(C=C(C#N)C#N)cc1C3=C(SC)SC)[N+]#[C-]. The van der Waals surface area contributed by atoms with Crippen LogP contribution in [0.4, 0.5) is 0 Å². The lowest BCUT2D eigenvalue weighted by molar-refractivity contribution is -0.133. The Kier molecular flexibility index (Phi) is 20.1. The molecule has 460 valence electrons. The minimum Gasteiger partial charge on any atom is -0.288 e. The molecule has 6 aromatic rings. The lowest BCUT2D eigenvalue weighted by Gasteiger charge is -2.31. The third-order valence-electron chi connectivity index (χ3n) is 15.6. The van der Waals surface area contributed by atoms with Crippen LogP contribution in [0.1, 0.15) is 64.0 Å². The Bertz CT molecular complexity index is 4420. The topological polar surface area (TPSA) is 138 Å². The molecule has 0 bridgehead atoms. The highest BCUT2D eigenvalue weighted by molar-refractivity contribution is 8.23. The molecule has 26 heteroatoms. The Hall–Kier alpha value is -6.02. The summed E-state index contributed by atoms with van der Waals surface area (Å²) in [7, 11) is 6.33. The summed E-state index contributed by atoms with van der Waals surface area (Å²) < 4.78 is 4.75. The molecule has 0 N–H and O–H groups in total. The van der Waals surface area contributed by atoms with Gasteiger partial charge in [0.05, 0.1) is 0 Å². The van der Waals surface area contributed by atoms with Crippen LogP contribution in [0.3, 0.4) is 0 Å². The summed E-state index contributed by atoms with van der Waals surface area (Å²) in [6, 6.07) is 21.5.